The van der Waals surface area contributed by atoms with E-state index in [1.54, 1.807) is 6.20 Å². The van der Waals surface area contributed by atoms with Crippen LogP contribution in [0.25, 0.3) is 0 Å². The summed E-state index contributed by atoms with van der Waals surface area (Å²) in [5.74, 6) is 0.732. The summed E-state index contributed by atoms with van der Waals surface area (Å²) < 4.78 is 7.77. The summed E-state index contributed by atoms with van der Waals surface area (Å²) in [7, 11) is 0. The fourth-order valence-electron chi connectivity index (χ4n) is 2.40. The van der Waals surface area contributed by atoms with Crippen LogP contribution in [-0.2, 0) is 0 Å². The molecule has 1 N–H and O–H groups in total. The molecule has 0 bridgehead atoms. The number of hydrogen-bond acceptors (Lipinski definition) is 3. The maximum Gasteiger partial charge on any atom is 0.144 e. The van der Waals surface area contributed by atoms with Gasteiger partial charge in [-0.15, -0.1) is 0 Å². The highest BCUT2D eigenvalue weighted by molar-refractivity contribution is 9.11. The van der Waals surface area contributed by atoms with Crippen LogP contribution in [-0.4, -0.2) is 10.1 Å². The van der Waals surface area contributed by atoms with Gasteiger partial charge in [0.15, 0.2) is 0 Å². The maximum atomic E-state index is 10.3. The zero-order chi connectivity index (χ0) is 14.3. The first-order valence-electron chi connectivity index (χ1n) is 6.31. The van der Waals surface area contributed by atoms with Crippen molar-refractivity contribution in [3.8, 4) is 5.75 Å². The van der Waals surface area contributed by atoms with Crippen LogP contribution in [0, 0.1) is 6.92 Å². The minimum atomic E-state index is -0.527. The van der Waals surface area contributed by atoms with Gasteiger partial charge in [-0.2, -0.15) is 0 Å². The van der Waals surface area contributed by atoms with Gasteiger partial charge in [0.25, 0.3) is 0 Å². The molecule has 0 fully saturated rings. The minimum Gasteiger partial charge on any atom is -0.484 e. The SMILES string of the molecule is Cc1ccc2c(c1)[C@@H](O)CC(c1ncc(Br)cc1Br)O2. The number of aromatic nitrogens is 1. The summed E-state index contributed by atoms with van der Waals surface area (Å²) in [4.78, 5) is 4.40. The molecule has 0 amide bonds. The molecule has 5 heteroatoms. The largest absolute Gasteiger partial charge is 0.484 e. The van der Waals surface area contributed by atoms with Gasteiger partial charge in [0.2, 0.25) is 0 Å². The Hall–Kier alpha value is -0.910. The molecule has 0 saturated heterocycles. The normalized spacial score (nSPS) is 21.2. The van der Waals surface area contributed by atoms with Gasteiger partial charge in [-0.1, -0.05) is 11.6 Å². The number of aryl methyl sites for hydroxylation is 1. The van der Waals surface area contributed by atoms with Gasteiger partial charge in [0.05, 0.1) is 11.8 Å². The monoisotopic (exact) mass is 397 g/mol. The molecule has 2 aromatic rings. The van der Waals surface area contributed by atoms with Gasteiger partial charge < -0.3 is 9.84 Å². The predicted octanol–water partition coefficient (Wildman–Crippen LogP) is 4.47. The molecule has 3 rings (SSSR count). The van der Waals surface area contributed by atoms with Gasteiger partial charge in [-0.3, -0.25) is 4.98 Å². The van der Waals surface area contributed by atoms with E-state index in [-0.39, 0.29) is 6.10 Å². The van der Waals surface area contributed by atoms with Crippen LogP contribution in [0.5, 0.6) is 5.75 Å². The molecule has 0 saturated carbocycles. The summed E-state index contributed by atoms with van der Waals surface area (Å²) in [5, 5.41) is 10.3. The number of aliphatic hydroxyl groups excluding tert-OH is 1. The van der Waals surface area contributed by atoms with E-state index in [0.717, 1.165) is 31.5 Å². The molecule has 1 aliphatic rings. The standard InChI is InChI=1S/C15H13Br2NO2/c1-8-2-3-13-10(4-8)12(19)6-14(20-13)15-11(17)5-9(16)7-18-15/h2-5,7,12,14,19H,6H2,1H3/t12-,14?/m0/s1. The van der Waals surface area contributed by atoms with Crippen LogP contribution in [0.4, 0.5) is 0 Å². The lowest BCUT2D eigenvalue weighted by Crippen LogP contribution is -2.20. The summed E-state index contributed by atoms with van der Waals surface area (Å²) in [6.45, 7) is 2.01. The van der Waals surface area contributed by atoms with E-state index in [9.17, 15) is 5.11 Å². The molecule has 0 spiro atoms. The van der Waals surface area contributed by atoms with Crippen LogP contribution < -0.4 is 4.74 Å². The lowest BCUT2D eigenvalue weighted by atomic mass is 9.96. The fourth-order valence-corrected chi connectivity index (χ4v) is 3.64. The van der Waals surface area contributed by atoms with Crippen LogP contribution in [0.1, 0.15) is 35.4 Å². The smallest absolute Gasteiger partial charge is 0.144 e. The molecule has 1 aromatic carbocycles. The lowest BCUT2D eigenvalue weighted by Gasteiger charge is -2.30. The van der Waals surface area contributed by atoms with Crippen molar-refractivity contribution >= 4 is 31.9 Å². The quantitative estimate of drug-likeness (QED) is 0.770. The number of hydrogen-bond donors (Lipinski definition) is 1. The molecular formula is C15H13Br2NO2. The molecule has 2 atom stereocenters. The maximum absolute atomic E-state index is 10.3. The highest BCUT2D eigenvalue weighted by atomic mass is 79.9. The number of nitrogens with zero attached hydrogens (tertiary/aromatic N) is 1. The van der Waals surface area contributed by atoms with Crippen LogP contribution >= 0.6 is 31.9 Å². The Kier molecular flexibility index (Phi) is 3.84. The molecule has 1 unspecified atom stereocenters. The first-order chi connectivity index (χ1) is 9.54. The Morgan fingerprint density at radius 3 is 2.85 bits per heavy atom. The first kappa shape index (κ1) is 14.0. The second-order valence-corrected chi connectivity index (χ2v) is 6.69. The number of halogens is 2. The topological polar surface area (TPSA) is 42.4 Å². The third-order valence-corrected chi connectivity index (χ3v) is 4.44. The van der Waals surface area contributed by atoms with E-state index < -0.39 is 6.10 Å². The number of ether oxygens (including phenoxy) is 1. The zero-order valence-electron chi connectivity index (χ0n) is 10.8. The van der Waals surface area contributed by atoms with E-state index in [2.05, 4.69) is 36.8 Å². The average Bonchev–Trinajstić information content (AvgIpc) is 2.39. The Morgan fingerprint density at radius 2 is 2.10 bits per heavy atom. The molecule has 104 valence electrons. The number of aliphatic hydroxyl groups is 1. The molecule has 3 nitrogen and oxygen atoms in total. The van der Waals surface area contributed by atoms with Crippen molar-refractivity contribution in [2.45, 2.75) is 25.6 Å². The van der Waals surface area contributed by atoms with Gasteiger partial charge in [0, 0.05) is 27.1 Å². The summed E-state index contributed by atoms with van der Waals surface area (Å²) >= 11 is 6.88. The van der Waals surface area contributed by atoms with Crippen molar-refractivity contribution in [1.82, 2.24) is 4.98 Å². The van der Waals surface area contributed by atoms with E-state index in [4.69, 9.17) is 4.74 Å². The number of benzene rings is 1. The average molecular weight is 399 g/mol. The van der Waals surface area contributed by atoms with Gasteiger partial charge in [0.1, 0.15) is 11.9 Å². The Labute approximate surface area is 134 Å². The Morgan fingerprint density at radius 1 is 1.30 bits per heavy atom. The highest BCUT2D eigenvalue weighted by Gasteiger charge is 2.30. The van der Waals surface area contributed by atoms with Crippen molar-refractivity contribution in [1.29, 1.82) is 0 Å². The first-order valence-corrected chi connectivity index (χ1v) is 7.89. The molecule has 0 radical (unpaired) electrons. The van der Waals surface area contributed by atoms with Crippen molar-refractivity contribution < 1.29 is 9.84 Å². The minimum absolute atomic E-state index is 0.248. The van der Waals surface area contributed by atoms with Crippen molar-refractivity contribution in [2.75, 3.05) is 0 Å². The van der Waals surface area contributed by atoms with Crippen molar-refractivity contribution in [3.63, 3.8) is 0 Å². The third-order valence-electron chi connectivity index (χ3n) is 3.37. The van der Waals surface area contributed by atoms with Crippen molar-refractivity contribution in [3.05, 3.63) is 56.2 Å². The van der Waals surface area contributed by atoms with Gasteiger partial charge in [-0.05, 0) is 57.0 Å². The molecule has 1 aliphatic heterocycles. The number of fused-ring (bicyclic) bond motifs is 1. The summed E-state index contributed by atoms with van der Waals surface area (Å²) in [5.41, 5.74) is 2.78. The van der Waals surface area contributed by atoms with Gasteiger partial charge in [-0.25, -0.2) is 0 Å². The second-order valence-electron chi connectivity index (χ2n) is 4.92. The van der Waals surface area contributed by atoms with Gasteiger partial charge >= 0.3 is 0 Å². The lowest BCUT2D eigenvalue weighted by molar-refractivity contribution is 0.0632. The predicted molar refractivity (Wildman–Crippen MR) is 83.8 cm³/mol. The fraction of sp³-hybridized carbons (Fsp3) is 0.267. The van der Waals surface area contributed by atoms with Crippen LogP contribution in [0.3, 0.4) is 0 Å². The second kappa shape index (κ2) is 5.47. The van der Waals surface area contributed by atoms with E-state index in [1.807, 2.05) is 31.2 Å². The Balaban J connectivity index is 1.97. The highest BCUT2D eigenvalue weighted by Crippen LogP contribution is 2.42. The zero-order valence-corrected chi connectivity index (χ0v) is 14.0. The summed E-state index contributed by atoms with van der Waals surface area (Å²) in [6.07, 6.45) is 1.47. The van der Waals surface area contributed by atoms with Crippen LogP contribution in [0.15, 0.2) is 39.4 Å². The van der Waals surface area contributed by atoms with Crippen LogP contribution in [0.2, 0.25) is 0 Å². The number of rotatable bonds is 1. The summed E-state index contributed by atoms with van der Waals surface area (Å²) in [6, 6.07) is 7.80. The van der Waals surface area contributed by atoms with E-state index in [0.29, 0.717) is 6.42 Å². The molecule has 2 heterocycles. The molecule has 1 aromatic heterocycles. The third kappa shape index (κ3) is 2.62. The van der Waals surface area contributed by atoms with Crippen molar-refractivity contribution in [2.24, 2.45) is 0 Å². The van der Waals surface area contributed by atoms with E-state index >= 15 is 0 Å². The molecular weight excluding hydrogens is 386 g/mol. The van der Waals surface area contributed by atoms with E-state index in [1.165, 1.54) is 0 Å². The molecule has 20 heavy (non-hydrogen) atoms. The Bertz CT molecular complexity index is 660. The number of pyridine rings is 1. The molecule has 0 aliphatic carbocycles.